The van der Waals surface area contributed by atoms with Crippen molar-refractivity contribution in [3.05, 3.63) is 78.4 Å². The second-order valence-electron chi connectivity index (χ2n) is 8.15. The van der Waals surface area contributed by atoms with Crippen molar-refractivity contribution in [2.24, 2.45) is 0 Å². The number of benzene rings is 3. The van der Waals surface area contributed by atoms with Crippen LogP contribution in [-0.4, -0.2) is 51.9 Å². The molecule has 0 bridgehead atoms. The quantitative estimate of drug-likeness (QED) is 0.165. The van der Waals surface area contributed by atoms with Crippen LogP contribution in [0.3, 0.4) is 0 Å². The average Bonchev–Trinajstić information content (AvgIpc) is 3.42. The molecular weight excluding hydrogens is 573 g/mol. The Labute approximate surface area is 241 Å². The normalized spacial score (nSPS) is 11.1. The van der Waals surface area contributed by atoms with E-state index in [9.17, 15) is 13.2 Å². The van der Waals surface area contributed by atoms with Crippen LogP contribution in [-0.2, 0) is 20.6 Å². The Kier molecular flexibility index (Phi) is 9.85. The minimum Gasteiger partial charge on any atom is -0.494 e. The number of nitrogens with zero attached hydrogens (tertiary/aromatic N) is 3. The molecule has 4 rings (SSSR count). The molecule has 0 atom stereocenters. The monoisotopic (exact) mass is 600 g/mol. The van der Waals surface area contributed by atoms with Crippen LogP contribution in [0.25, 0.3) is 0 Å². The molecule has 4 aromatic rings. The van der Waals surface area contributed by atoms with E-state index in [0.29, 0.717) is 28.2 Å². The molecule has 40 heavy (non-hydrogen) atoms. The van der Waals surface area contributed by atoms with Crippen LogP contribution in [0, 0.1) is 0 Å². The highest BCUT2D eigenvalue weighted by Crippen LogP contribution is 2.33. The topological polar surface area (TPSA) is 120 Å². The maximum absolute atomic E-state index is 13.8. The predicted molar refractivity (Wildman–Crippen MR) is 156 cm³/mol. The first kappa shape index (κ1) is 29.2. The fourth-order valence-electron chi connectivity index (χ4n) is 3.62. The summed E-state index contributed by atoms with van der Waals surface area (Å²) in [7, 11) is -1.32. The third kappa shape index (κ3) is 7.23. The second kappa shape index (κ2) is 13.5. The SMILES string of the molecule is CCOc1ccc(N(CC(=O)Nc2nnc(SCc3ccccc3)s2)S(=O)(=O)c2ccc(OC)c(OC)c2)cc1. The first-order chi connectivity index (χ1) is 19.3. The number of carbonyl (C=O) groups excluding carboxylic acids is 1. The van der Waals surface area contributed by atoms with Gasteiger partial charge in [0.1, 0.15) is 12.3 Å². The van der Waals surface area contributed by atoms with Crippen LogP contribution in [0.2, 0.25) is 0 Å². The number of sulfonamides is 1. The van der Waals surface area contributed by atoms with Crippen molar-refractivity contribution in [2.75, 3.05) is 37.0 Å². The van der Waals surface area contributed by atoms with Gasteiger partial charge in [0.15, 0.2) is 15.8 Å². The third-order valence-corrected chi connectivity index (χ3v) is 9.34. The lowest BCUT2D eigenvalue weighted by molar-refractivity contribution is -0.114. The van der Waals surface area contributed by atoms with Gasteiger partial charge in [-0.1, -0.05) is 53.4 Å². The van der Waals surface area contributed by atoms with Crippen LogP contribution < -0.4 is 23.8 Å². The molecule has 0 radical (unpaired) electrons. The van der Waals surface area contributed by atoms with Gasteiger partial charge in [-0.3, -0.25) is 14.4 Å². The Balaban J connectivity index is 1.55. The van der Waals surface area contributed by atoms with Gasteiger partial charge < -0.3 is 14.2 Å². The summed E-state index contributed by atoms with van der Waals surface area (Å²) in [6.07, 6.45) is 0. The van der Waals surface area contributed by atoms with E-state index in [1.807, 2.05) is 37.3 Å². The molecule has 0 aliphatic rings. The van der Waals surface area contributed by atoms with Gasteiger partial charge in [0.25, 0.3) is 10.0 Å². The molecule has 0 spiro atoms. The number of nitrogens with one attached hydrogen (secondary N) is 1. The highest BCUT2D eigenvalue weighted by atomic mass is 32.2. The lowest BCUT2D eigenvalue weighted by Gasteiger charge is -2.24. The molecule has 0 aliphatic heterocycles. The maximum atomic E-state index is 13.8. The van der Waals surface area contributed by atoms with Gasteiger partial charge in [-0.05, 0) is 48.9 Å². The van der Waals surface area contributed by atoms with Gasteiger partial charge >= 0.3 is 0 Å². The Hall–Kier alpha value is -3.81. The number of hydrogen-bond acceptors (Lipinski definition) is 10. The molecule has 0 aliphatic carbocycles. The predicted octanol–water partition coefficient (Wildman–Crippen LogP) is 5.08. The number of carbonyl (C=O) groups is 1. The van der Waals surface area contributed by atoms with Gasteiger partial charge in [-0.2, -0.15) is 0 Å². The standard InChI is InChI=1S/C27H28N4O6S3/c1-4-37-21-12-10-20(11-13-21)31(40(33,34)22-14-15-23(35-2)24(16-22)36-3)17-25(32)28-26-29-30-27(39-26)38-18-19-8-6-5-7-9-19/h5-16H,4,17-18H2,1-3H3,(H,28,29,32). The summed E-state index contributed by atoms with van der Waals surface area (Å²) in [6, 6.07) is 20.6. The summed E-state index contributed by atoms with van der Waals surface area (Å²) >= 11 is 2.72. The van der Waals surface area contributed by atoms with Crippen molar-refractivity contribution in [3.8, 4) is 17.2 Å². The molecule has 210 valence electrons. The van der Waals surface area contributed by atoms with Crippen LogP contribution in [0.15, 0.2) is 82.0 Å². The summed E-state index contributed by atoms with van der Waals surface area (Å²) in [5, 5.41) is 11.1. The number of aromatic nitrogens is 2. The molecule has 1 amide bonds. The minimum atomic E-state index is -4.20. The molecule has 0 saturated carbocycles. The van der Waals surface area contributed by atoms with Gasteiger partial charge in [0.2, 0.25) is 11.0 Å². The van der Waals surface area contributed by atoms with E-state index in [-0.39, 0.29) is 21.5 Å². The van der Waals surface area contributed by atoms with Crippen LogP contribution >= 0.6 is 23.1 Å². The summed E-state index contributed by atoms with van der Waals surface area (Å²) < 4.78 is 45.3. The lowest BCUT2D eigenvalue weighted by Crippen LogP contribution is -2.38. The Morgan fingerprint density at radius 2 is 1.70 bits per heavy atom. The fourth-order valence-corrected chi connectivity index (χ4v) is 6.78. The Bertz CT molecular complexity index is 1530. The van der Waals surface area contributed by atoms with Crippen molar-refractivity contribution in [3.63, 3.8) is 0 Å². The molecule has 3 aromatic carbocycles. The number of methoxy groups -OCH3 is 2. The van der Waals surface area contributed by atoms with Crippen LogP contribution in [0.5, 0.6) is 17.2 Å². The van der Waals surface area contributed by atoms with Gasteiger partial charge in [-0.15, -0.1) is 10.2 Å². The number of amides is 1. The van der Waals surface area contributed by atoms with E-state index in [4.69, 9.17) is 14.2 Å². The zero-order chi connectivity index (χ0) is 28.5. The average molecular weight is 601 g/mol. The zero-order valence-corrected chi connectivity index (χ0v) is 24.5. The van der Waals surface area contributed by atoms with Gasteiger partial charge in [-0.25, -0.2) is 8.42 Å². The lowest BCUT2D eigenvalue weighted by atomic mass is 10.2. The third-order valence-electron chi connectivity index (χ3n) is 5.52. The largest absolute Gasteiger partial charge is 0.494 e. The highest BCUT2D eigenvalue weighted by molar-refractivity contribution is 8.00. The first-order valence-electron chi connectivity index (χ1n) is 12.1. The molecule has 1 heterocycles. The van der Waals surface area contributed by atoms with E-state index in [1.165, 1.54) is 55.5 Å². The number of anilines is 2. The van der Waals surface area contributed by atoms with Crippen molar-refractivity contribution >= 4 is 49.8 Å². The molecular formula is C27H28N4O6S3. The first-order valence-corrected chi connectivity index (χ1v) is 15.4. The summed E-state index contributed by atoms with van der Waals surface area (Å²) in [6.45, 7) is 1.81. The van der Waals surface area contributed by atoms with Crippen molar-refractivity contribution in [1.82, 2.24) is 10.2 Å². The van der Waals surface area contributed by atoms with Crippen molar-refractivity contribution < 1.29 is 27.4 Å². The summed E-state index contributed by atoms with van der Waals surface area (Å²) in [5.41, 5.74) is 1.42. The number of hydrogen-bond donors (Lipinski definition) is 1. The molecule has 0 fully saturated rings. The summed E-state index contributed by atoms with van der Waals surface area (Å²) in [4.78, 5) is 13.0. The minimum absolute atomic E-state index is 0.0673. The summed E-state index contributed by atoms with van der Waals surface area (Å²) in [5.74, 6) is 1.33. The molecule has 10 nitrogen and oxygen atoms in total. The van der Waals surface area contributed by atoms with E-state index in [1.54, 1.807) is 24.3 Å². The van der Waals surface area contributed by atoms with Crippen LogP contribution in [0.4, 0.5) is 10.8 Å². The van der Waals surface area contributed by atoms with E-state index >= 15 is 0 Å². The van der Waals surface area contributed by atoms with Gasteiger partial charge in [0, 0.05) is 11.8 Å². The molecule has 1 aromatic heterocycles. The van der Waals surface area contributed by atoms with Crippen molar-refractivity contribution in [2.45, 2.75) is 21.9 Å². The van der Waals surface area contributed by atoms with E-state index < -0.39 is 22.5 Å². The number of ether oxygens (including phenoxy) is 3. The smallest absolute Gasteiger partial charge is 0.264 e. The maximum Gasteiger partial charge on any atom is 0.264 e. The number of rotatable bonds is 13. The highest BCUT2D eigenvalue weighted by Gasteiger charge is 2.29. The molecule has 1 N–H and O–H groups in total. The van der Waals surface area contributed by atoms with Crippen molar-refractivity contribution in [1.29, 1.82) is 0 Å². The van der Waals surface area contributed by atoms with Gasteiger partial charge in [0.05, 0.1) is 31.4 Å². The molecule has 0 unspecified atom stereocenters. The van der Waals surface area contributed by atoms with E-state index in [2.05, 4.69) is 15.5 Å². The molecule has 0 saturated heterocycles. The number of thioether (sulfide) groups is 1. The Morgan fingerprint density at radius 1 is 0.975 bits per heavy atom. The molecule has 13 heteroatoms. The fraction of sp³-hybridized carbons (Fsp3) is 0.222. The Morgan fingerprint density at radius 3 is 2.38 bits per heavy atom. The van der Waals surface area contributed by atoms with Crippen LogP contribution in [0.1, 0.15) is 12.5 Å². The zero-order valence-electron chi connectivity index (χ0n) is 22.1. The second-order valence-corrected chi connectivity index (χ2v) is 12.2. The van der Waals surface area contributed by atoms with E-state index in [0.717, 1.165) is 9.87 Å².